The van der Waals surface area contributed by atoms with Crippen molar-refractivity contribution < 1.29 is 14.1 Å². The number of carbonyl (C=O) groups is 1. The van der Waals surface area contributed by atoms with Crippen LogP contribution >= 0.6 is 11.6 Å². The first-order chi connectivity index (χ1) is 11.6. The van der Waals surface area contributed by atoms with Crippen LogP contribution < -0.4 is 10.8 Å². The largest absolute Gasteiger partial charge is 0.496 e. The van der Waals surface area contributed by atoms with Crippen LogP contribution in [0.3, 0.4) is 0 Å². The van der Waals surface area contributed by atoms with Gasteiger partial charge in [0.15, 0.2) is 0 Å². The molecule has 0 aromatic heterocycles. The van der Waals surface area contributed by atoms with Crippen molar-refractivity contribution in [1.29, 1.82) is 0 Å². The maximum Gasteiger partial charge on any atom is 0.496 e. The monoisotopic (exact) mass is 364 g/mol. The van der Waals surface area contributed by atoms with E-state index in [0.29, 0.717) is 10.6 Å². The van der Waals surface area contributed by atoms with E-state index in [9.17, 15) is 4.79 Å². The fraction of sp³-hybridized carbons (Fsp3) is 0.611. The molecule has 0 unspecified atom stereocenters. The fourth-order valence-corrected chi connectivity index (χ4v) is 3.43. The molecule has 1 aromatic rings. The summed E-state index contributed by atoms with van der Waals surface area (Å²) in [5, 5.41) is 3.77. The van der Waals surface area contributed by atoms with Crippen LogP contribution in [0.25, 0.3) is 0 Å². The van der Waals surface area contributed by atoms with E-state index in [2.05, 4.69) is 5.32 Å². The Hall–Kier alpha value is -1.08. The number of amides is 1. The molecule has 7 heteroatoms. The summed E-state index contributed by atoms with van der Waals surface area (Å²) in [5.74, 6) is -0.0175. The molecule has 2 aliphatic heterocycles. The van der Waals surface area contributed by atoms with Gasteiger partial charge >= 0.3 is 7.12 Å². The summed E-state index contributed by atoms with van der Waals surface area (Å²) in [6, 6.07) is 5.57. The van der Waals surface area contributed by atoms with E-state index in [1.165, 1.54) is 0 Å². The molecule has 2 fully saturated rings. The maximum atomic E-state index is 12.7. The van der Waals surface area contributed by atoms with Gasteiger partial charge in [0.1, 0.15) is 0 Å². The third-order valence-corrected chi connectivity index (χ3v) is 5.98. The zero-order valence-electron chi connectivity index (χ0n) is 15.6. The molecule has 1 N–H and O–H groups in total. The molecule has 5 nitrogen and oxygen atoms in total. The van der Waals surface area contributed by atoms with Crippen molar-refractivity contribution in [2.45, 2.75) is 51.4 Å². The summed E-state index contributed by atoms with van der Waals surface area (Å²) < 4.78 is 12.1. The highest BCUT2D eigenvalue weighted by atomic mass is 35.5. The second-order valence-electron chi connectivity index (χ2n) is 7.89. The van der Waals surface area contributed by atoms with Crippen molar-refractivity contribution in [2.24, 2.45) is 0 Å². The zero-order chi connectivity index (χ0) is 18.4. The number of likely N-dealkylation sites (N-methyl/N-ethyl adjacent to an activating group) is 1. The van der Waals surface area contributed by atoms with Gasteiger partial charge in [0.2, 0.25) is 0 Å². The number of benzene rings is 1. The lowest BCUT2D eigenvalue weighted by Crippen LogP contribution is -2.41. The van der Waals surface area contributed by atoms with Crippen LogP contribution in [-0.4, -0.2) is 55.3 Å². The molecule has 136 valence electrons. The zero-order valence-corrected chi connectivity index (χ0v) is 16.3. The first kappa shape index (κ1) is 18.7. The second kappa shape index (κ2) is 6.58. The summed E-state index contributed by atoms with van der Waals surface area (Å²) in [7, 11) is 1.31. The minimum atomic E-state index is -0.529. The summed E-state index contributed by atoms with van der Waals surface area (Å²) in [6.07, 6.45) is 0.974. The van der Waals surface area contributed by atoms with Crippen LogP contribution in [-0.2, 0) is 9.31 Å². The van der Waals surface area contributed by atoms with Crippen molar-refractivity contribution in [3.8, 4) is 0 Å². The predicted molar refractivity (Wildman–Crippen MR) is 101 cm³/mol. The van der Waals surface area contributed by atoms with E-state index in [4.69, 9.17) is 20.9 Å². The molecule has 1 aromatic carbocycles. The van der Waals surface area contributed by atoms with Crippen molar-refractivity contribution in [3.63, 3.8) is 0 Å². The van der Waals surface area contributed by atoms with Crippen molar-refractivity contribution in [2.75, 3.05) is 20.1 Å². The van der Waals surface area contributed by atoms with E-state index < -0.39 is 18.3 Å². The molecule has 0 spiro atoms. The molecule has 25 heavy (non-hydrogen) atoms. The average molecular weight is 365 g/mol. The second-order valence-corrected chi connectivity index (χ2v) is 8.29. The highest BCUT2D eigenvalue weighted by Gasteiger charge is 2.52. The molecule has 2 aliphatic rings. The molecule has 1 atom stereocenters. The van der Waals surface area contributed by atoms with Gasteiger partial charge in [-0.1, -0.05) is 17.7 Å². The summed E-state index contributed by atoms with van der Waals surface area (Å²) in [6.45, 7) is 9.80. The Morgan fingerprint density at radius 1 is 1.28 bits per heavy atom. The van der Waals surface area contributed by atoms with Gasteiger partial charge in [-0.05, 0) is 52.8 Å². The Morgan fingerprint density at radius 3 is 2.44 bits per heavy atom. The van der Waals surface area contributed by atoms with Gasteiger partial charge in [0, 0.05) is 35.7 Å². The Kier molecular flexibility index (Phi) is 4.92. The van der Waals surface area contributed by atoms with Crippen molar-refractivity contribution >= 4 is 30.1 Å². The van der Waals surface area contributed by atoms with Crippen molar-refractivity contribution in [3.05, 3.63) is 28.8 Å². The standard InChI is InChI=1S/C18H26BClN2O3/c1-17(2)18(3,4)25-19(24-17)14-7-6-12(10-15(14)20)16(23)22(5)13-8-9-21-11-13/h6-7,10,13,21H,8-9,11H2,1-5H3/t13-/m0/s1. The number of carbonyl (C=O) groups excluding carboxylic acids is 1. The molecule has 0 aliphatic carbocycles. The molecule has 3 rings (SSSR count). The summed E-state index contributed by atoms with van der Waals surface area (Å²) in [4.78, 5) is 14.5. The van der Waals surface area contributed by atoms with E-state index in [1.54, 1.807) is 17.0 Å². The summed E-state index contributed by atoms with van der Waals surface area (Å²) in [5.41, 5.74) is 0.484. The van der Waals surface area contributed by atoms with Gasteiger partial charge in [-0.3, -0.25) is 4.79 Å². The number of nitrogens with one attached hydrogen (secondary N) is 1. The first-order valence-electron chi connectivity index (χ1n) is 8.75. The lowest BCUT2D eigenvalue weighted by atomic mass is 9.78. The minimum Gasteiger partial charge on any atom is -0.399 e. The van der Waals surface area contributed by atoms with Crippen LogP contribution in [0.5, 0.6) is 0 Å². The summed E-state index contributed by atoms with van der Waals surface area (Å²) >= 11 is 6.46. The lowest BCUT2D eigenvalue weighted by Gasteiger charge is -2.32. The number of halogens is 1. The van der Waals surface area contributed by atoms with Crippen LogP contribution in [0.4, 0.5) is 0 Å². The Labute approximate surface area is 155 Å². The fourth-order valence-electron chi connectivity index (χ4n) is 3.16. The van der Waals surface area contributed by atoms with Gasteiger partial charge in [0.05, 0.1) is 11.2 Å². The number of hydrogen-bond acceptors (Lipinski definition) is 4. The first-order valence-corrected chi connectivity index (χ1v) is 9.13. The van der Waals surface area contributed by atoms with Gasteiger partial charge < -0.3 is 19.5 Å². The lowest BCUT2D eigenvalue weighted by molar-refractivity contribution is 0.00578. The Balaban J connectivity index is 1.78. The highest BCUT2D eigenvalue weighted by Crippen LogP contribution is 2.37. The van der Waals surface area contributed by atoms with Crippen LogP contribution in [0.2, 0.25) is 5.02 Å². The molecular weight excluding hydrogens is 338 g/mol. The number of rotatable bonds is 3. The Bertz CT molecular complexity index is 658. The third kappa shape index (κ3) is 3.45. The third-order valence-electron chi connectivity index (χ3n) is 5.66. The SMILES string of the molecule is CN(C(=O)c1ccc(B2OC(C)(C)C(C)(C)O2)c(Cl)c1)[C@H]1CCNC1. The van der Waals surface area contributed by atoms with Gasteiger partial charge in [-0.15, -0.1) is 0 Å². The van der Waals surface area contributed by atoms with Crippen LogP contribution in [0.15, 0.2) is 18.2 Å². The normalized spacial score (nSPS) is 24.6. The maximum absolute atomic E-state index is 12.7. The van der Waals surface area contributed by atoms with Gasteiger partial charge in [-0.2, -0.15) is 0 Å². The minimum absolute atomic E-state index is 0.0175. The number of nitrogens with zero attached hydrogens (tertiary/aromatic N) is 1. The molecule has 2 saturated heterocycles. The average Bonchev–Trinajstić information content (AvgIpc) is 3.12. The number of hydrogen-bond donors (Lipinski definition) is 1. The molecule has 0 bridgehead atoms. The van der Waals surface area contributed by atoms with Crippen LogP contribution in [0.1, 0.15) is 44.5 Å². The molecule has 0 radical (unpaired) electrons. The van der Waals surface area contributed by atoms with E-state index >= 15 is 0 Å². The van der Waals surface area contributed by atoms with E-state index in [1.807, 2.05) is 40.8 Å². The molecule has 1 amide bonds. The predicted octanol–water partition coefficient (Wildman–Crippen LogP) is 2.07. The van der Waals surface area contributed by atoms with E-state index in [0.717, 1.165) is 25.0 Å². The van der Waals surface area contributed by atoms with Gasteiger partial charge in [-0.25, -0.2) is 0 Å². The van der Waals surface area contributed by atoms with Gasteiger partial charge in [0.25, 0.3) is 5.91 Å². The topological polar surface area (TPSA) is 50.8 Å². The van der Waals surface area contributed by atoms with Crippen molar-refractivity contribution in [1.82, 2.24) is 10.2 Å². The smallest absolute Gasteiger partial charge is 0.399 e. The quantitative estimate of drug-likeness (QED) is 0.834. The van der Waals surface area contributed by atoms with E-state index in [-0.39, 0.29) is 11.9 Å². The molecular formula is C18H26BClN2O3. The molecule has 2 heterocycles. The Morgan fingerprint density at radius 2 is 1.92 bits per heavy atom. The highest BCUT2D eigenvalue weighted by molar-refractivity contribution is 6.65. The van der Waals surface area contributed by atoms with Crippen LogP contribution in [0, 0.1) is 0 Å². The molecule has 0 saturated carbocycles.